The van der Waals surface area contributed by atoms with Crippen molar-refractivity contribution < 1.29 is 23.9 Å². The number of nitrogens with one attached hydrogen (secondary N) is 2. The van der Waals surface area contributed by atoms with E-state index in [0.29, 0.717) is 22.0 Å². The Morgan fingerprint density at radius 1 is 1.03 bits per heavy atom. The number of nitrogens with zero attached hydrogens (tertiary/aromatic N) is 1. The van der Waals surface area contributed by atoms with Gasteiger partial charge in [0.25, 0.3) is 17.7 Å². The predicted octanol–water partition coefficient (Wildman–Crippen LogP) is 4.64. The monoisotopic (exact) mass is 503 g/mol. The lowest BCUT2D eigenvalue weighted by Gasteiger charge is -2.26. The Balaban J connectivity index is 1.58. The number of carbonyl (C=O) groups excluding carboxylic acids is 4. The summed E-state index contributed by atoms with van der Waals surface area (Å²) in [5, 5.41) is 5.31. The summed E-state index contributed by atoms with van der Waals surface area (Å²) in [6.45, 7) is 3.49. The van der Waals surface area contributed by atoms with Gasteiger partial charge in [-0.2, -0.15) is 0 Å². The normalized spacial score (nSPS) is 14.6. The van der Waals surface area contributed by atoms with Crippen molar-refractivity contribution >= 4 is 52.8 Å². The molecule has 1 aliphatic rings. The second-order valence-corrected chi connectivity index (χ2v) is 8.57. The van der Waals surface area contributed by atoms with Gasteiger partial charge < -0.3 is 10.1 Å². The number of carbonyl (C=O) groups is 4. The van der Waals surface area contributed by atoms with Crippen molar-refractivity contribution in [1.29, 1.82) is 0 Å². The molecule has 0 radical (unpaired) electrons. The summed E-state index contributed by atoms with van der Waals surface area (Å²) in [4.78, 5) is 51.4. The van der Waals surface area contributed by atoms with Gasteiger partial charge in [0.1, 0.15) is 11.3 Å². The van der Waals surface area contributed by atoms with E-state index in [1.54, 1.807) is 36.4 Å². The van der Waals surface area contributed by atoms with E-state index in [4.69, 9.17) is 16.3 Å². The molecule has 182 valence electrons. The van der Waals surface area contributed by atoms with Gasteiger partial charge in [-0.05, 0) is 67.4 Å². The molecule has 1 saturated heterocycles. The molecule has 4 rings (SSSR count). The molecule has 0 saturated carbocycles. The summed E-state index contributed by atoms with van der Waals surface area (Å²) in [6.07, 6.45) is 1.28. The molecule has 3 aromatic rings. The number of hydrogen-bond acceptors (Lipinski definition) is 5. The zero-order chi connectivity index (χ0) is 25.8. The number of imide groups is 2. The lowest BCUT2D eigenvalue weighted by atomic mass is 10.1. The number of para-hydroxylation sites is 1. The van der Waals surface area contributed by atoms with Crippen molar-refractivity contribution in [3.63, 3.8) is 0 Å². The van der Waals surface area contributed by atoms with Crippen LogP contribution in [0.2, 0.25) is 5.02 Å². The van der Waals surface area contributed by atoms with Crippen LogP contribution in [0.15, 0.2) is 72.3 Å². The Morgan fingerprint density at radius 2 is 1.78 bits per heavy atom. The van der Waals surface area contributed by atoms with Crippen LogP contribution in [0, 0.1) is 13.8 Å². The van der Waals surface area contributed by atoms with Gasteiger partial charge in [-0.3, -0.25) is 19.7 Å². The smallest absolute Gasteiger partial charge is 0.335 e. The van der Waals surface area contributed by atoms with E-state index in [1.165, 1.54) is 18.2 Å². The number of barbiturate groups is 1. The lowest BCUT2D eigenvalue weighted by Crippen LogP contribution is -2.54. The third-order valence-electron chi connectivity index (χ3n) is 5.41. The van der Waals surface area contributed by atoms with Crippen LogP contribution in [0.25, 0.3) is 6.08 Å². The number of aryl methyl sites for hydroxylation is 2. The molecular formula is C27H22ClN3O5. The molecule has 1 fully saturated rings. The van der Waals surface area contributed by atoms with Gasteiger partial charge in [-0.15, -0.1) is 0 Å². The van der Waals surface area contributed by atoms with Crippen molar-refractivity contribution in [3.8, 4) is 5.75 Å². The van der Waals surface area contributed by atoms with E-state index in [-0.39, 0.29) is 23.8 Å². The van der Waals surface area contributed by atoms with Crippen LogP contribution in [0.4, 0.5) is 16.2 Å². The van der Waals surface area contributed by atoms with Crippen molar-refractivity contribution in [2.24, 2.45) is 0 Å². The van der Waals surface area contributed by atoms with Crippen LogP contribution in [-0.4, -0.2) is 30.4 Å². The summed E-state index contributed by atoms with van der Waals surface area (Å²) >= 11 is 6.14. The lowest BCUT2D eigenvalue weighted by molar-refractivity contribution is -0.122. The number of anilines is 2. The number of hydrogen-bond donors (Lipinski definition) is 2. The number of urea groups is 1. The van der Waals surface area contributed by atoms with Gasteiger partial charge in [0.05, 0.1) is 5.69 Å². The highest BCUT2D eigenvalue weighted by Gasteiger charge is 2.36. The molecule has 0 aromatic heterocycles. The fourth-order valence-corrected chi connectivity index (χ4v) is 3.77. The van der Waals surface area contributed by atoms with Crippen molar-refractivity contribution in [3.05, 3.63) is 94.0 Å². The Bertz CT molecular complexity index is 1400. The zero-order valence-electron chi connectivity index (χ0n) is 19.5. The molecule has 36 heavy (non-hydrogen) atoms. The second-order valence-electron chi connectivity index (χ2n) is 8.13. The fraction of sp³-hybridized carbons (Fsp3) is 0.111. The molecule has 2 N–H and O–H groups in total. The van der Waals surface area contributed by atoms with Crippen LogP contribution >= 0.6 is 11.6 Å². The minimum absolute atomic E-state index is 0.228. The van der Waals surface area contributed by atoms with Gasteiger partial charge in [-0.25, -0.2) is 9.69 Å². The van der Waals surface area contributed by atoms with Crippen molar-refractivity contribution in [2.75, 3.05) is 16.8 Å². The molecule has 8 nitrogen and oxygen atoms in total. The van der Waals surface area contributed by atoms with Crippen LogP contribution in [-0.2, 0) is 14.4 Å². The maximum atomic E-state index is 13.1. The standard InChI is InChI=1S/C27H22ClN3O5/c1-16-8-9-17(2)22(12-16)29-24(32)15-36-23-11-10-19(28)13-18(23)14-21-25(33)30-27(35)31(26(21)34)20-6-4-3-5-7-20/h3-14H,15H2,1-2H3,(H,29,32)(H,30,33,35)/b21-14-. The summed E-state index contributed by atoms with van der Waals surface area (Å²) in [7, 11) is 0. The molecule has 0 spiro atoms. The van der Waals surface area contributed by atoms with Gasteiger partial charge in [0, 0.05) is 16.3 Å². The molecule has 1 heterocycles. The third-order valence-corrected chi connectivity index (χ3v) is 5.65. The van der Waals surface area contributed by atoms with Crippen molar-refractivity contribution in [1.82, 2.24) is 5.32 Å². The highest BCUT2D eigenvalue weighted by Crippen LogP contribution is 2.28. The van der Waals surface area contributed by atoms with E-state index in [9.17, 15) is 19.2 Å². The van der Waals surface area contributed by atoms with Gasteiger partial charge in [0.15, 0.2) is 6.61 Å². The number of ether oxygens (including phenoxy) is 1. The maximum absolute atomic E-state index is 13.1. The zero-order valence-corrected chi connectivity index (χ0v) is 20.3. The molecular weight excluding hydrogens is 482 g/mol. The third kappa shape index (κ3) is 5.45. The quantitative estimate of drug-likeness (QED) is 0.376. The minimum atomic E-state index is -0.851. The Labute approximate surface area is 212 Å². The fourth-order valence-electron chi connectivity index (χ4n) is 3.59. The summed E-state index contributed by atoms with van der Waals surface area (Å²) in [6, 6.07) is 17.7. The van der Waals surface area contributed by atoms with Crippen LogP contribution in [0.3, 0.4) is 0 Å². The average Bonchev–Trinajstić information content (AvgIpc) is 2.84. The first-order chi connectivity index (χ1) is 17.2. The number of rotatable bonds is 6. The first kappa shape index (κ1) is 24.7. The first-order valence-electron chi connectivity index (χ1n) is 11.0. The highest BCUT2D eigenvalue weighted by molar-refractivity contribution is 6.39. The molecule has 0 bridgehead atoms. The second kappa shape index (κ2) is 10.5. The minimum Gasteiger partial charge on any atom is -0.483 e. The predicted molar refractivity (Wildman–Crippen MR) is 137 cm³/mol. The molecule has 0 unspecified atom stereocenters. The average molecular weight is 504 g/mol. The molecule has 1 aliphatic heterocycles. The van der Waals surface area contributed by atoms with Gasteiger partial charge >= 0.3 is 6.03 Å². The first-order valence-corrected chi connectivity index (χ1v) is 11.4. The number of amides is 5. The van der Waals surface area contributed by atoms with E-state index in [2.05, 4.69) is 10.6 Å². The number of halogens is 1. The number of benzene rings is 3. The molecule has 5 amide bonds. The summed E-state index contributed by atoms with van der Waals surface area (Å²) in [5.74, 6) is -1.80. The SMILES string of the molecule is Cc1ccc(C)c(NC(=O)COc2ccc(Cl)cc2/C=C2/C(=O)NC(=O)N(c3ccccc3)C2=O)c1. The summed E-state index contributed by atoms with van der Waals surface area (Å²) < 4.78 is 5.70. The van der Waals surface area contributed by atoms with E-state index >= 15 is 0 Å². The topological polar surface area (TPSA) is 105 Å². The highest BCUT2D eigenvalue weighted by atomic mass is 35.5. The summed E-state index contributed by atoms with van der Waals surface area (Å²) in [5.41, 5.74) is 2.90. The largest absolute Gasteiger partial charge is 0.483 e. The molecule has 0 aliphatic carbocycles. The van der Waals surface area contributed by atoms with Crippen LogP contribution < -0.4 is 20.3 Å². The maximum Gasteiger partial charge on any atom is 0.335 e. The van der Waals surface area contributed by atoms with Gasteiger partial charge in [-0.1, -0.05) is 41.9 Å². The molecule has 0 atom stereocenters. The van der Waals surface area contributed by atoms with Crippen LogP contribution in [0.5, 0.6) is 5.75 Å². The Kier molecular flexibility index (Phi) is 7.17. The van der Waals surface area contributed by atoms with Crippen molar-refractivity contribution in [2.45, 2.75) is 13.8 Å². The molecule has 3 aromatic carbocycles. The van der Waals surface area contributed by atoms with E-state index < -0.39 is 17.8 Å². The van der Waals surface area contributed by atoms with Crippen LogP contribution in [0.1, 0.15) is 16.7 Å². The van der Waals surface area contributed by atoms with E-state index in [1.807, 2.05) is 32.0 Å². The Morgan fingerprint density at radius 3 is 2.53 bits per heavy atom. The molecule has 9 heteroatoms. The van der Waals surface area contributed by atoms with Gasteiger partial charge in [0.2, 0.25) is 0 Å². The van der Waals surface area contributed by atoms with E-state index in [0.717, 1.165) is 16.0 Å². The Hall–Kier alpha value is -4.43.